The Morgan fingerprint density at radius 2 is 2.22 bits per heavy atom. The third-order valence-electron chi connectivity index (χ3n) is 0.865. The van der Waals surface area contributed by atoms with Gasteiger partial charge in [0.25, 0.3) is 0 Å². The first-order valence-electron chi connectivity index (χ1n) is 2.37. The standard InChI is InChI=1S/C6H7N2.Y/c7-8-6-4-2-1-3-5-6;/h1-4,8H,7H2;/q-1;+3. The average molecular weight is 196 g/mol. The van der Waals surface area contributed by atoms with Gasteiger partial charge in [-0.3, -0.25) is 5.84 Å². The monoisotopic (exact) mass is 196 g/mol. The Kier molecular flexibility index (Phi) is 4.96. The molecule has 1 rings (SSSR count). The summed E-state index contributed by atoms with van der Waals surface area (Å²) in [5.41, 5.74) is 3.28. The van der Waals surface area contributed by atoms with Gasteiger partial charge in [0.1, 0.15) is 0 Å². The SMILES string of the molecule is NNc1[c-]cccc1.[Y+3]. The van der Waals surface area contributed by atoms with Gasteiger partial charge < -0.3 is 5.43 Å². The maximum absolute atomic E-state index is 5.07. The van der Waals surface area contributed by atoms with E-state index in [2.05, 4.69) is 11.5 Å². The molecule has 2 nitrogen and oxygen atoms in total. The van der Waals surface area contributed by atoms with E-state index in [9.17, 15) is 0 Å². The predicted octanol–water partition coefficient (Wildman–Crippen LogP) is 0.770. The van der Waals surface area contributed by atoms with Gasteiger partial charge in [-0.15, -0.1) is 6.07 Å². The third kappa shape index (κ3) is 2.94. The number of hydrogen-bond donors (Lipinski definition) is 2. The normalized spacial score (nSPS) is 7.67. The summed E-state index contributed by atoms with van der Waals surface area (Å²) in [6.07, 6.45) is 0. The van der Waals surface area contributed by atoms with E-state index in [-0.39, 0.29) is 32.7 Å². The van der Waals surface area contributed by atoms with Crippen molar-refractivity contribution in [1.29, 1.82) is 0 Å². The molecule has 0 bridgehead atoms. The predicted molar refractivity (Wildman–Crippen MR) is 33.1 cm³/mol. The molecule has 42 valence electrons. The number of benzene rings is 1. The largest absolute Gasteiger partial charge is 3.00 e. The fourth-order valence-electron chi connectivity index (χ4n) is 0.483. The van der Waals surface area contributed by atoms with Crippen molar-refractivity contribution in [2.75, 3.05) is 5.43 Å². The molecule has 3 N–H and O–H groups in total. The third-order valence-corrected chi connectivity index (χ3v) is 0.865. The minimum Gasteiger partial charge on any atom is -0.349 e. The van der Waals surface area contributed by atoms with Crippen LogP contribution in [0.4, 0.5) is 5.69 Å². The zero-order valence-electron chi connectivity index (χ0n) is 4.96. The van der Waals surface area contributed by atoms with Gasteiger partial charge in [0.15, 0.2) is 0 Å². The molecule has 1 aromatic rings. The summed E-state index contributed by atoms with van der Waals surface area (Å²) in [5.74, 6) is 5.07. The van der Waals surface area contributed by atoms with Crippen LogP contribution in [0.3, 0.4) is 0 Å². The summed E-state index contributed by atoms with van der Waals surface area (Å²) in [6.45, 7) is 0. The van der Waals surface area contributed by atoms with Crippen LogP contribution in [0, 0.1) is 6.07 Å². The molecule has 0 aliphatic heterocycles. The number of nitrogens with two attached hydrogens (primary N) is 1. The van der Waals surface area contributed by atoms with Crippen molar-refractivity contribution in [3.63, 3.8) is 0 Å². The summed E-state index contributed by atoms with van der Waals surface area (Å²) in [7, 11) is 0. The van der Waals surface area contributed by atoms with Gasteiger partial charge in [0.2, 0.25) is 0 Å². The minimum absolute atomic E-state index is 0. The molecule has 0 spiro atoms. The van der Waals surface area contributed by atoms with Gasteiger partial charge in [0.05, 0.1) is 0 Å². The summed E-state index contributed by atoms with van der Waals surface area (Å²) < 4.78 is 0. The molecule has 0 heterocycles. The molecule has 0 saturated heterocycles. The van der Waals surface area contributed by atoms with Gasteiger partial charge in [0, 0.05) is 0 Å². The van der Waals surface area contributed by atoms with Crippen LogP contribution in [0.5, 0.6) is 0 Å². The maximum atomic E-state index is 5.07. The van der Waals surface area contributed by atoms with Crippen LogP contribution in [0.25, 0.3) is 0 Å². The second kappa shape index (κ2) is 4.92. The van der Waals surface area contributed by atoms with Crippen LogP contribution in [0.15, 0.2) is 24.3 Å². The molecule has 0 unspecified atom stereocenters. The van der Waals surface area contributed by atoms with Crippen molar-refractivity contribution in [3.05, 3.63) is 30.3 Å². The molecule has 3 heteroatoms. The molecule has 0 radical (unpaired) electrons. The first-order valence-corrected chi connectivity index (χ1v) is 2.37. The Balaban J connectivity index is 0.000000640. The number of hydrogen-bond acceptors (Lipinski definition) is 2. The van der Waals surface area contributed by atoms with Crippen LogP contribution in [0.2, 0.25) is 0 Å². The van der Waals surface area contributed by atoms with Crippen LogP contribution >= 0.6 is 0 Å². The summed E-state index contributed by atoms with van der Waals surface area (Å²) in [6, 6.07) is 10.3. The average Bonchev–Trinajstić information content (AvgIpc) is 1.90. The summed E-state index contributed by atoms with van der Waals surface area (Å²) in [4.78, 5) is 0. The number of nitrogen functional groups attached to an aromatic ring is 1. The van der Waals surface area contributed by atoms with E-state index in [0.717, 1.165) is 5.69 Å². The van der Waals surface area contributed by atoms with Gasteiger partial charge in [-0.25, -0.2) is 0 Å². The maximum Gasteiger partial charge on any atom is 3.00 e. The van der Waals surface area contributed by atoms with Crippen LogP contribution in [-0.4, -0.2) is 0 Å². The summed E-state index contributed by atoms with van der Waals surface area (Å²) >= 11 is 0. The van der Waals surface area contributed by atoms with E-state index in [4.69, 9.17) is 5.84 Å². The van der Waals surface area contributed by atoms with Crippen LogP contribution in [-0.2, 0) is 32.7 Å². The molecule has 9 heavy (non-hydrogen) atoms. The van der Waals surface area contributed by atoms with E-state index in [0.29, 0.717) is 0 Å². The Morgan fingerprint density at radius 3 is 2.56 bits per heavy atom. The Hall–Kier alpha value is 0.0839. The van der Waals surface area contributed by atoms with Crippen molar-refractivity contribution in [2.24, 2.45) is 5.84 Å². The van der Waals surface area contributed by atoms with E-state index < -0.39 is 0 Å². The zero-order chi connectivity index (χ0) is 5.82. The van der Waals surface area contributed by atoms with Crippen molar-refractivity contribution in [3.8, 4) is 0 Å². The second-order valence-electron chi connectivity index (χ2n) is 1.42. The molecular formula is C6H7N2Y+2. The summed E-state index contributed by atoms with van der Waals surface area (Å²) in [5, 5.41) is 0. The molecular weight excluding hydrogens is 189 g/mol. The molecule has 0 fully saturated rings. The smallest absolute Gasteiger partial charge is 0.349 e. The van der Waals surface area contributed by atoms with Crippen molar-refractivity contribution < 1.29 is 32.7 Å². The van der Waals surface area contributed by atoms with Crippen molar-refractivity contribution in [1.82, 2.24) is 0 Å². The van der Waals surface area contributed by atoms with E-state index in [1.54, 1.807) is 6.07 Å². The van der Waals surface area contributed by atoms with Crippen LogP contribution < -0.4 is 11.3 Å². The first-order chi connectivity index (χ1) is 3.93. The van der Waals surface area contributed by atoms with E-state index in [1.807, 2.05) is 18.2 Å². The Morgan fingerprint density at radius 1 is 1.44 bits per heavy atom. The van der Waals surface area contributed by atoms with Crippen molar-refractivity contribution in [2.45, 2.75) is 0 Å². The van der Waals surface area contributed by atoms with Gasteiger partial charge >= 0.3 is 32.7 Å². The number of anilines is 1. The molecule has 0 saturated carbocycles. The Bertz CT molecular complexity index is 152. The minimum atomic E-state index is 0. The quantitative estimate of drug-likeness (QED) is 0.395. The molecule has 0 aliphatic carbocycles. The molecule has 0 aliphatic rings. The van der Waals surface area contributed by atoms with E-state index >= 15 is 0 Å². The van der Waals surface area contributed by atoms with E-state index in [1.165, 1.54) is 0 Å². The van der Waals surface area contributed by atoms with Gasteiger partial charge in [-0.05, 0) is 0 Å². The fraction of sp³-hybridized carbons (Fsp3) is 0. The topological polar surface area (TPSA) is 38.0 Å². The Labute approximate surface area is 79.7 Å². The first kappa shape index (κ1) is 9.08. The fourth-order valence-corrected chi connectivity index (χ4v) is 0.483. The zero-order valence-corrected chi connectivity index (χ0v) is 7.80. The number of nitrogens with one attached hydrogen (secondary N) is 1. The second-order valence-corrected chi connectivity index (χ2v) is 1.42. The number of para-hydroxylation sites is 1. The van der Waals surface area contributed by atoms with Gasteiger partial charge in [-0.2, -0.15) is 24.3 Å². The molecule has 0 atom stereocenters. The molecule has 0 amide bonds. The van der Waals surface area contributed by atoms with Crippen molar-refractivity contribution >= 4 is 5.69 Å². The molecule has 1 aromatic carbocycles. The van der Waals surface area contributed by atoms with Gasteiger partial charge in [-0.1, -0.05) is 5.69 Å². The molecule has 0 aromatic heterocycles. The number of rotatable bonds is 1. The van der Waals surface area contributed by atoms with Crippen LogP contribution in [0.1, 0.15) is 0 Å². The number of hydrazine groups is 1.